The fourth-order valence-corrected chi connectivity index (χ4v) is 1.79. The first-order valence-corrected chi connectivity index (χ1v) is 5.45. The van der Waals surface area contributed by atoms with Crippen LogP contribution in [0.2, 0.25) is 0 Å². The molecule has 0 aliphatic carbocycles. The largest absolute Gasteiger partial charge is 0.507 e. The summed E-state index contributed by atoms with van der Waals surface area (Å²) in [5.74, 6) is -1.10. The normalized spacial score (nSPS) is 16.1. The van der Waals surface area contributed by atoms with Gasteiger partial charge in [-0.25, -0.2) is 0 Å². The highest BCUT2D eigenvalue weighted by molar-refractivity contribution is 5.79. The third kappa shape index (κ3) is 2.13. The average molecular weight is 238 g/mol. The van der Waals surface area contributed by atoms with E-state index in [0.29, 0.717) is 24.7 Å². The van der Waals surface area contributed by atoms with Crippen LogP contribution in [0.3, 0.4) is 0 Å². The SMILES string of the molecule is CC(C(=O)O)c1c(O)ccc2c1OCCCO2. The van der Waals surface area contributed by atoms with E-state index in [0.717, 1.165) is 6.42 Å². The van der Waals surface area contributed by atoms with Crippen molar-refractivity contribution < 1.29 is 24.5 Å². The molecule has 0 saturated carbocycles. The number of carbonyl (C=O) groups is 1. The highest BCUT2D eigenvalue weighted by atomic mass is 16.5. The molecule has 2 N–H and O–H groups in total. The number of aromatic hydroxyl groups is 1. The predicted molar refractivity (Wildman–Crippen MR) is 59.8 cm³/mol. The lowest BCUT2D eigenvalue weighted by atomic mass is 9.98. The standard InChI is InChI=1S/C12H14O5/c1-7(12(14)15)10-8(13)3-4-9-11(10)17-6-2-5-16-9/h3-4,7,13H,2,5-6H2,1H3,(H,14,15). The van der Waals surface area contributed by atoms with Crippen molar-refractivity contribution in [3.8, 4) is 17.2 Å². The molecule has 1 aliphatic heterocycles. The molecule has 1 unspecified atom stereocenters. The second-order valence-corrected chi connectivity index (χ2v) is 3.94. The maximum Gasteiger partial charge on any atom is 0.310 e. The first kappa shape index (κ1) is 11.6. The molecule has 0 amide bonds. The van der Waals surface area contributed by atoms with Crippen LogP contribution in [-0.2, 0) is 4.79 Å². The van der Waals surface area contributed by atoms with E-state index in [-0.39, 0.29) is 11.3 Å². The summed E-state index contributed by atoms with van der Waals surface area (Å²) in [5, 5.41) is 18.8. The van der Waals surface area contributed by atoms with E-state index in [1.807, 2.05) is 0 Å². The van der Waals surface area contributed by atoms with E-state index >= 15 is 0 Å². The number of phenols is 1. The quantitative estimate of drug-likeness (QED) is 0.820. The summed E-state index contributed by atoms with van der Waals surface area (Å²) < 4.78 is 10.9. The lowest BCUT2D eigenvalue weighted by Gasteiger charge is -2.16. The van der Waals surface area contributed by atoms with Gasteiger partial charge in [-0.2, -0.15) is 0 Å². The maximum absolute atomic E-state index is 11.0. The van der Waals surface area contributed by atoms with Crippen LogP contribution in [0.25, 0.3) is 0 Å². The van der Waals surface area contributed by atoms with Gasteiger partial charge in [-0.1, -0.05) is 0 Å². The van der Waals surface area contributed by atoms with Crippen molar-refractivity contribution >= 4 is 5.97 Å². The Balaban J connectivity index is 2.52. The first-order chi connectivity index (χ1) is 8.11. The molecular formula is C12H14O5. The first-order valence-electron chi connectivity index (χ1n) is 5.45. The summed E-state index contributed by atoms with van der Waals surface area (Å²) in [5.41, 5.74) is 0.275. The molecule has 1 atom stereocenters. The van der Waals surface area contributed by atoms with Gasteiger partial charge in [-0.15, -0.1) is 0 Å². The van der Waals surface area contributed by atoms with Crippen LogP contribution in [-0.4, -0.2) is 29.4 Å². The Morgan fingerprint density at radius 3 is 2.76 bits per heavy atom. The number of hydrogen-bond donors (Lipinski definition) is 2. The highest BCUT2D eigenvalue weighted by Gasteiger charge is 2.26. The van der Waals surface area contributed by atoms with Crippen LogP contribution in [0.1, 0.15) is 24.8 Å². The van der Waals surface area contributed by atoms with Crippen LogP contribution >= 0.6 is 0 Å². The Hall–Kier alpha value is -1.91. The number of fused-ring (bicyclic) bond motifs is 1. The summed E-state index contributed by atoms with van der Waals surface area (Å²) in [4.78, 5) is 11.0. The van der Waals surface area contributed by atoms with Gasteiger partial charge in [0.05, 0.1) is 24.7 Å². The Kier molecular flexibility index (Phi) is 3.08. The minimum atomic E-state index is -1.01. The monoisotopic (exact) mass is 238 g/mol. The van der Waals surface area contributed by atoms with Gasteiger partial charge in [0.15, 0.2) is 11.5 Å². The molecule has 1 aromatic rings. The van der Waals surface area contributed by atoms with Crippen molar-refractivity contribution in [3.63, 3.8) is 0 Å². The Bertz CT molecular complexity index is 441. The third-order valence-corrected chi connectivity index (χ3v) is 2.73. The summed E-state index contributed by atoms with van der Waals surface area (Å²) >= 11 is 0. The van der Waals surface area contributed by atoms with E-state index < -0.39 is 11.9 Å². The molecule has 0 saturated heterocycles. The van der Waals surface area contributed by atoms with Crippen molar-refractivity contribution in [2.24, 2.45) is 0 Å². The van der Waals surface area contributed by atoms with Gasteiger partial charge in [-0.05, 0) is 19.1 Å². The Morgan fingerprint density at radius 2 is 2.06 bits per heavy atom. The minimum Gasteiger partial charge on any atom is -0.507 e. The lowest BCUT2D eigenvalue weighted by molar-refractivity contribution is -0.138. The molecule has 92 valence electrons. The summed E-state index contributed by atoms with van der Waals surface area (Å²) in [6, 6.07) is 3.02. The molecule has 0 aromatic heterocycles. The number of hydrogen-bond acceptors (Lipinski definition) is 4. The van der Waals surface area contributed by atoms with E-state index in [1.165, 1.54) is 13.0 Å². The highest BCUT2D eigenvalue weighted by Crippen LogP contribution is 2.42. The second kappa shape index (κ2) is 4.53. The average Bonchev–Trinajstić information content (AvgIpc) is 2.53. The third-order valence-electron chi connectivity index (χ3n) is 2.73. The van der Waals surface area contributed by atoms with Crippen molar-refractivity contribution in [3.05, 3.63) is 17.7 Å². The van der Waals surface area contributed by atoms with Gasteiger partial charge >= 0.3 is 5.97 Å². The zero-order valence-electron chi connectivity index (χ0n) is 9.47. The van der Waals surface area contributed by atoms with Crippen LogP contribution < -0.4 is 9.47 Å². The summed E-state index contributed by atoms with van der Waals surface area (Å²) in [7, 11) is 0. The lowest BCUT2D eigenvalue weighted by Crippen LogP contribution is -2.10. The molecular weight excluding hydrogens is 224 g/mol. The number of carboxylic acids is 1. The molecule has 1 heterocycles. The molecule has 0 fully saturated rings. The van der Waals surface area contributed by atoms with Crippen molar-refractivity contribution in [1.29, 1.82) is 0 Å². The molecule has 1 aromatic carbocycles. The zero-order chi connectivity index (χ0) is 12.4. The topological polar surface area (TPSA) is 76.0 Å². The number of phenolic OH excluding ortho intramolecular Hbond substituents is 1. The zero-order valence-corrected chi connectivity index (χ0v) is 9.47. The fourth-order valence-electron chi connectivity index (χ4n) is 1.79. The molecule has 1 aliphatic rings. The fraction of sp³-hybridized carbons (Fsp3) is 0.417. The second-order valence-electron chi connectivity index (χ2n) is 3.94. The maximum atomic E-state index is 11.0. The number of rotatable bonds is 2. The summed E-state index contributed by atoms with van der Waals surface area (Å²) in [6.45, 7) is 2.49. The van der Waals surface area contributed by atoms with Gasteiger partial charge < -0.3 is 19.7 Å². The van der Waals surface area contributed by atoms with E-state index in [2.05, 4.69) is 0 Å². The van der Waals surface area contributed by atoms with E-state index in [4.69, 9.17) is 14.6 Å². The van der Waals surface area contributed by atoms with Gasteiger partial charge in [0, 0.05) is 6.42 Å². The molecule has 0 bridgehead atoms. The predicted octanol–water partition coefficient (Wildman–Crippen LogP) is 1.74. The van der Waals surface area contributed by atoms with Gasteiger partial charge in [0.1, 0.15) is 5.75 Å². The van der Waals surface area contributed by atoms with E-state index in [1.54, 1.807) is 6.07 Å². The van der Waals surface area contributed by atoms with Crippen molar-refractivity contribution in [2.45, 2.75) is 19.3 Å². The molecule has 17 heavy (non-hydrogen) atoms. The molecule has 2 rings (SSSR count). The van der Waals surface area contributed by atoms with Crippen LogP contribution in [0.4, 0.5) is 0 Å². The van der Waals surface area contributed by atoms with E-state index in [9.17, 15) is 9.90 Å². The number of ether oxygens (including phenoxy) is 2. The molecule has 0 spiro atoms. The van der Waals surface area contributed by atoms with Crippen molar-refractivity contribution in [1.82, 2.24) is 0 Å². The molecule has 5 nitrogen and oxygen atoms in total. The molecule has 5 heteroatoms. The van der Waals surface area contributed by atoms with Gasteiger partial charge in [-0.3, -0.25) is 4.79 Å². The van der Waals surface area contributed by atoms with Crippen LogP contribution in [0, 0.1) is 0 Å². The van der Waals surface area contributed by atoms with Crippen LogP contribution in [0.15, 0.2) is 12.1 Å². The molecule has 0 radical (unpaired) electrons. The number of benzene rings is 1. The van der Waals surface area contributed by atoms with Gasteiger partial charge in [0.25, 0.3) is 0 Å². The van der Waals surface area contributed by atoms with Crippen molar-refractivity contribution in [2.75, 3.05) is 13.2 Å². The number of carboxylic acid groups (broad SMARTS) is 1. The summed E-state index contributed by atoms with van der Waals surface area (Å²) in [6.07, 6.45) is 0.732. The Labute approximate surface area is 98.6 Å². The Morgan fingerprint density at radius 1 is 1.35 bits per heavy atom. The van der Waals surface area contributed by atoms with Crippen LogP contribution in [0.5, 0.6) is 17.2 Å². The smallest absolute Gasteiger partial charge is 0.310 e. The van der Waals surface area contributed by atoms with Gasteiger partial charge in [0.2, 0.25) is 0 Å². The number of aliphatic carboxylic acids is 1. The minimum absolute atomic E-state index is 0.0795.